The maximum atomic E-state index is 13.9. The molecule has 3 N–H and O–H groups in total. The predicted octanol–water partition coefficient (Wildman–Crippen LogP) is 0.870. The van der Waals surface area contributed by atoms with Crippen molar-refractivity contribution in [2.75, 3.05) is 13.6 Å². The summed E-state index contributed by atoms with van der Waals surface area (Å²) >= 11 is 0. The Morgan fingerprint density at radius 2 is 2.07 bits per heavy atom. The van der Waals surface area contributed by atoms with Gasteiger partial charge in [0.15, 0.2) is 11.6 Å². The van der Waals surface area contributed by atoms with Crippen LogP contribution in [0.2, 0.25) is 0 Å². The Kier molecular flexibility index (Phi) is 5.41. The highest BCUT2D eigenvalue weighted by atomic mass is 19.2. The van der Waals surface area contributed by atoms with Gasteiger partial charge < -0.3 is 16.0 Å². The molecule has 8 nitrogen and oxygen atoms in total. The second-order valence-corrected chi connectivity index (χ2v) is 7.23. The molecule has 28 heavy (non-hydrogen) atoms. The van der Waals surface area contributed by atoms with Crippen molar-refractivity contribution in [1.29, 1.82) is 0 Å². The molecule has 1 aromatic heterocycles. The van der Waals surface area contributed by atoms with Crippen LogP contribution in [0.3, 0.4) is 0 Å². The van der Waals surface area contributed by atoms with Crippen LogP contribution in [0.4, 0.5) is 8.78 Å². The van der Waals surface area contributed by atoms with Gasteiger partial charge in [-0.1, -0.05) is 11.3 Å². The van der Waals surface area contributed by atoms with Gasteiger partial charge in [-0.15, -0.1) is 5.10 Å². The van der Waals surface area contributed by atoms with Crippen molar-refractivity contribution in [3.05, 3.63) is 47.3 Å². The van der Waals surface area contributed by atoms with Gasteiger partial charge in [-0.3, -0.25) is 9.59 Å². The van der Waals surface area contributed by atoms with Gasteiger partial charge >= 0.3 is 0 Å². The fraction of sp³-hybridized carbons (Fsp3) is 0.444. The van der Waals surface area contributed by atoms with E-state index in [1.807, 2.05) is 0 Å². The molecule has 2 aromatic rings. The molecule has 1 aliphatic rings. The summed E-state index contributed by atoms with van der Waals surface area (Å²) in [6.07, 6.45) is 2.24. The van der Waals surface area contributed by atoms with E-state index in [2.05, 4.69) is 26.3 Å². The Balaban J connectivity index is 1.72. The lowest BCUT2D eigenvalue weighted by Gasteiger charge is -2.24. The van der Waals surface area contributed by atoms with Crippen molar-refractivity contribution in [3.8, 4) is 0 Å². The second-order valence-electron chi connectivity index (χ2n) is 7.23. The third-order valence-corrected chi connectivity index (χ3v) is 4.82. The standard InChI is InChI=1S/C18H22F2N6O2/c1-18(2,23-16(27)11-5-4-6-12(19)15(11)20)14-9-26(25-24-14)10-7-13(22-8-10)17(28)21-3/h4-6,9-10,13,22H,7-8H2,1-3H3,(H,21,28)(H,23,27). The minimum atomic E-state index is -1.20. The molecule has 3 rings (SSSR count). The summed E-state index contributed by atoms with van der Waals surface area (Å²) in [6.45, 7) is 3.94. The fourth-order valence-electron chi connectivity index (χ4n) is 3.13. The van der Waals surface area contributed by atoms with E-state index >= 15 is 0 Å². The van der Waals surface area contributed by atoms with Gasteiger partial charge in [0, 0.05) is 13.6 Å². The lowest BCUT2D eigenvalue weighted by atomic mass is 10.0. The van der Waals surface area contributed by atoms with Gasteiger partial charge in [0.2, 0.25) is 5.91 Å². The zero-order valence-electron chi connectivity index (χ0n) is 15.8. The number of halogens is 2. The summed E-state index contributed by atoms with van der Waals surface area (Å²) in [5.41, 5.74) is -0.893. The van der Waals surface area contributed by atoms with Gasteiger partial charge in [-0.2, -0.15) is 0 Å². The minimum absolute atomic E-state index is 0.0595. The molecular formula is C18H22F2N6O2. The maximum absolute atomic E-state index is 13.9. The molecule has 0 bridgehead atoms. The first-order valence-electron chi connectivity index (χ1n) is 8.86. The molecule has 1 saturated heterocycles. The van der Waals surface area contributed by atoms with Gasteiger partial charge in [0.05, 0.1) is 29.4 Å². The monoisotopic (exact) mass is 392 g/mol. The highest BCUT2D eigenvalue weighted by Crippen LogP contribution is 2.23. The number of carbonyl (C=O) groups is 2. The number of hydrogen-bond donors (Lipinski definition) is 3. The zero-order valence-corrected chi connectivity index (χ0v) is 15.8. The molecule has 2 amide bonds. The molecular weight excluding hydrogens is 370 g/mol. The van der Waals surface area contributed by atoms with Crippen LogP contribution >= 0.6 is 0 Å². The fourth-order valence-corrected chi connectivity index (χ4v) is 3.13. The number of rotatable bonds is 5. The maximum Gasteiger partial charge on any atom is 0.255 e. The highest BCUT2D eigenvalue weighted by molar-refractivity contribution is 5.95. The van der Waals surface area contributed by atoms with Crippen LogP contribution in [0.15, 0.2) is 24.4 Å². The van der Waals surface area contributed by atoms with Crippen LogP contribution in [0.1, 0.15) is 42.4 Å². The number of aromatic nitrogens is 3. The van der Waals surface area contributed by atoms with Gasteiger partial charge in [0.25, 0.3) is 5.91 Å². The first-order chi connectivity index (χ1) is 13.2. The third-order valence-electron chi connectivity index (χ3n) is 4.82. The molecule has 2 atom stereocenters. The molecule has 0 aliphatic carbocycles. The zero-order chi connectivity index (χ0) is 20.5. The van der Waals surface area contributed by atoms with Crippen molar-refractivity contribution in [3.63, 3.8) is 0 Å². The van der Waals surface area contributed by atoms with E-state index in [0.29, 0.717) is 18.7 Å². The van der Waals surface area contributed by atoms with E-state index in [4.69, 9.17) is 0 Å². The minimum Gasteiger partial charge on any atom is -0.358 e. The van der Waals surface area contributed by atoms with Crippen molar-refractivity contribution < 1.29 is 18.4 Å². The molecule has 0 saturated carbocycles. The third kappa shape index (κ3) is 3.86. The van der Waals surface area contributed by atoms with E-state index in [-0.39, 0.29) is 23.6 Å². The number of amides is 2. The summed E-state index contributed by atoms with van der Waals surface area (Å²) in [5, 5.41) is 16.6. The molecule has 0 spiro atoms. The number of nitrogens with one attached hydrogen (secondary N) is 3. The summed E-state index contributed by atoms with van der Waals surface area (Å²) in [4.78, 5) is 24.1. The average molecular weight is 392 g/mol. The SMILES string of the molecule is CNC(=O)C1CC(n2cc(C(C)(C)NC(=O)c3cccc(F)c3F)nn2)CN1. The van der Waals surface area contributed by atoms with Crippen molar-refractivity contribution in [1.82, 2.24) is 30.9 Å². The average Bonchev–Trinajstić information content (AvgIpc) is 3.32. The molecule has 10 heteroatoms. The Morgan fingerprint density at radius 3 is 2.79 bits per heavy atom. The summed E-state index contributed by atoms with van der Waals surface area (Å²) in [7, 11) is 1.58. The second kappa shape index (κ2) is 7.63. The largest absolute Gasteiger partial charge is 0.358 e. The summed E-state index contributed by atoms with van der Waals surface area (Å²) < 4.78 is 28.9. The van der Waals surface area contributed by atoms with E-state index in [9.17, 15) is 18.4 Å². The van der Waals surface area contributed by atoms with Gasteiger partial charge in [-0.05, 0) is 32.4 Å². The Hall–Kier alpha value is -2.88. The molecule has 1 aromatic carbocycles. The number of likely N-dealkylation sites (N-methyl/N-ethyl adjacent to an activating group) is 1. The Labute approximate surface area is 160 Å². The number of carbonyl (C=O) groups excluding carboxylic acids is 2. The number of nitrogens with zero attached hydrogens (tertiary/aromatic N) is 3. The van der Waals surface area contributed by atoms with Crippen molar-refractivity contribution in [2.45, 2.75) is 37.9 Å². The smallest absolute Gasteiger partial charge is 0.255 e. The molecule has 1 fully saturated rings. The summed E-state index contributed by atoms with van der Waals surface area (Å²) in [6, 6.07) is 3.07. The van der Waals surface area contributed by atoms with E-state index in [1.165, 1.54) is 12.1 Å². The normalized spacial score (nSPS) is 19.5. The highest BCUT2D eigenvalue weighted by Gasteiger charge is 2.33. The van der Waals surface area contributed by atoms with Crippen LogP contribution in [-0.2, 0) is 10.3 Å². The number of benzene rings is 1. The van der Waals surface area contributed by atoms with E-state index in [0.717, 1.165) is 6.07 Å². The number of hydrogen-bond acceptors (Lipinski definition) is 5. The van der Waals surface area contributed by atoms with Gasteiger partial charge in [0.1, 0.15) is 5.69 Å². The van der Waals surface area contributed by atoms with Crippen LogP contribution < -0.4 is 16.0 Å². The van der Waals surface area contributed by atoms with Crippen LogP contribution in [0.25, 0.3) is 0 Å². The van der Waals surface area contributed by atoms with E-state index in [1.54, 1.807) is 31.8 Å². The van der Waals surface area contributed by atoms with E-state index < -0.39 is 23.1 Å². The first kappa shape index (κ1) is 19.9. The summed E-state index contributed by atoms with van der Waals surface area (Å²) in [5.74, 6) is -3.13. The quantitative estimate of drug-likeness (QED) is 0.701. The molecule has 0 radical (unpaired) electrons. The van der Waals surface area contributed by atoms with Crippen molar-refractivity contribution in [2.24, 2.45) is 0 Å². The Morgan fingerprint density at radius 1 is 1.32 bits per heavy atom. The topological polar surface area (TPSA) is 101 Å². The molecule has 150 valence electrons. The van der Waals surface area contributed by atoms with Crippen molar-refractivity contribution >= 4 is 11.8 Å². The lowest BCUT2D eigenvalue weighted by molar-refractivity contribution is -0.122. The van der Waals surface area contributed by atoms with Gasteiger partial charge in [-0.25, -0.2) is 13.5 Å². The van der Waals surface area contributed by atoms with Crippen LogP contribution in [-0.4, -0.2) is 46.4 Å². The van der Waals surface area contributed by atoms with Crippen LogP contribution in [0.5, 0.6) is 0 Å². The predicted molar refractivity (Wildman–Crippen MR) is 96.4 cm³/mol. The Bertz CT molecular complexity index is 898. The first-order valence-corrected chi connectivity index (χ1v) is 8.86. The lowest BCUT2D eigenvalue weighted by Crippen LogP contribution is -2.41. The molecule has 2 heterocycles. The molecule has 2 unspecified atom stereocenters. The van der Waals surface area contributed by atoms with Crippen LogP contribution in [0, 0.1) is 11.6 Å². The molecule has 1 aliphatic heterocycles.